The second-order valence-corrected chi connectivity index (χ2v) is 10.1. The molecule has 0 spiro atoms. The van der Waals surface area contributed by atoms with Crippen LogP contribution in [0.15, 0.2) is 71.6 Å². The second-order valence-electron chi connectivity index (χ2n) is 7.93. The van der Waals surface area contributed by atoms with Crippen LogP contribution in [0, 0.1) is 0 Å². The molecule has 0 heterocycles. The third-order valence-corrected chi connectivity index (χ3v) is 7.14. The summed E-state index contributed by atoms with van der Waals surface area (Å²) in [6, 6.07) is 15.3. The van der Waals surface area contributed by atoms with Gasteiger partial charge in [0.2, 0.25) is 15.9 Å². The predicted octanol–water partition coefficient (Wildman–Crippen LogP) is 3.45. The van der Waals surface area contributed by atoms with E-state index in [4.69, 9.17) is 25.8 Å². The van der Waals surface area contributed by atoms with Gasteiger partial charge in [-0.05, 0) is 48.4 Å². The molecule has 38 heavy (non-hydrogen) atoms. The van der Waals surface area contributed by atoms with Gasteiger partial charge in [0.15, 0.2) is 0 Å². The van der Waals surface area contributed by atoms with Gasteiger partial charge in [0.25, 0.3) is 0 Å². The Balaban J connectivity index is 1.96. The maximum Gasteiger partial charge on any atom is 0.337 e. The van der Waals surface area contributed by atoms with Gasteiger partial charge in [0, 0.05) is 5.69 Å². The molecule has 3 aromatic rings. The van der Waals surface area contributed by atoms with Crippen LogP contribution in [-0.2, 0) is 30.7 Å². The number of carbonyl (C=O) groups excluding carboxylic acids is 3. The first-order valence-corrected chi connectivity index (χ1v) is 13.0. The molecule has 0 bridgehead atoms. The number of methoxy groups -OCH3 is 3. The molecule has 0 aliphatic carbocycles. The van der Waals surface area contributed by atoms with E-state index in [0.717, 1.165) is 0 Å². The van der Waals surface area contributed by atoms with E-state index in [0.29, 0.717) is 5.56 Å². The molecule has 0 saturated carbocycles. The molecule has 2 N–H and O–H groups in total. The standard InChI is InChI=1S/C26H25ClN2O8S/c1-35-23-10-9-20(15-21(23)27)38(33,34)29-22(11-16-7-5-4-6-8-16)24(30)28-19-13-17(25(31)36-2)12-18(14-19)26(32)37-3/h4-10,12-15,22,29H,11H2,1-3H3,(H,28,30)/t22-/m1/s1. The molecule has 0 aliphatic rings. The normalized spacial score (nSPS) is 11.8. The summed E-state index contributed by atoms with van der Waals surface area (Å²) in [4.78, 5) is 37.4. The first-order chi connectivity index (χ1) is 18.1. The largest absolute Gasteiger partial charge is 0.495 e. The topological polar surface area (TPSA) is 137 Å². The molecule has 0 aromatic heterocycles. The smallest absolute Gasteiger partial charge is 0.337 e. The number of amides is 1. The van der Waals surface area contributed by atoms with Gasteiger partial charge in [-0.25, -0.2) is 18.0 Å². The Labute approximate surface area is 224 Å². The summed E-state index contributed by atoms with van der Waals surface area (Å²) in [7, 11) is -0.481. The molecule has 0 unspecified atom stereocenters. The van der Waals surface area contributed by atoms with E-state index >= 15 is 0 Å². The molecule has 3 aromatic carbocycles. The Morgan fingerprint density at radius 3 is 2.00 bits per heavy atom. The SMILES string of the molecule is COC(=O)c1cc(NC(=O)[C@@H](Cc2ccccc2)NS(=O)(=O)c2ccc(OC)c(Cl)c2)cc(C(=O)OC)c1. The minimum atomic E-state index is -4.21. The molecule has 0 aliphatic heterocycles. The highest BCUT2D eigenvalue weighted by Gasteiger charge is 2.27. The molecule has 3 rings (SSSR count). The molecule has 1 amide bonds. The molecule has 0 fully saturated rings. The molecular weight excluding hydrogens is 536 g/mol. The molecular formula is C26H25ClN2O8S. The van der Waals surface area contributed by atoms with Gasteiger partial charge < -0.3 is 19.5 Å². The first-order valence-electron chi connectivity index (χ1n) is 11.1. The number of hydrogen-bond donors (Lipinski definition) is 2. The van der Waals surface area contributed by atoms with Crippen molar-refractivity contribution in [2.75, 3.05) is 26.6 Å². The molecule has 0 saturated heterocycles. The van der Waals surface area contributed by atoms with Gasteiger partial charge in [-0.15, -0.1) is 0 Å². The summed E-state index contributed by atoms with van der Waals surface area (Å²) >= 11 is 6.10. The number of anilines is 1. The van der Waals surface area contributed by atoms with Crippen molar-refractivity contribution >= 4 is 45.2 Å². The minimum Gasteiger partial charge on any atom is -0.495 e. The van der Waals surface area contributed by atoms with Gasteiger partial charge in [-0.1, -0.05) is 41.9 Å². The van der Waals surface area contributed by atoms with E-state index in [9.17, 15) is 22.8 Å². The number of ether oxygens (including phenoxy) is 3. The van der Waals surface area contributed by atoms with Gasteiger partial charge >= 0.3 is 11.9 Å². The van der Waals surface area contributed by atoms with E-state index in [1.54, 1.807) is 30.3 Å². The van der Waals surface area contributed by atoms with Crippen molar-refractivity contribution in [2.24, 2.45) is 0 Å². The van der Waals surface area contributed by atoms with Crippen molar-refractivity contribution in [3.8, 4) is 5.75 Å². The van der Waals surface area contributed by atoms with Crippen molar-refractivity contribution in [3.63, 3.8) is 0 Å². The number of halogens is 1. The lowest BCUT2D eigenvalue weighted by atomic mass is 10.1. The number of nitrogens with one attached hydrogen (secondary N) is 2. The van der Waals surface area contributed by atoms with Crippen LogP contribution < -0.4 is 14.8 Å². The van der Waals surface area contributed by atoms with Crippen LogP contribution in [0.25, 0.3) is 0 Å². The lowest BCUT2D eigenvalue weighted by Crippen LogP contribution is -2.45. The van der Waals surface area contributed by atoms with Crippen LogP contribution >= 0.6 is 11.6 Å². The van der Waals surface area contributed by atoms with Gasteiger partial charge in [0.1, 0.15) is 11.8 Å². The van der Waals surface area contributed by atoms with Crippen molar-refractivity contribution in [2.45, 2.75) is 17.4 Å². The summed E-state index contributed by atoms with van der Waals surface area (Å²) in [6.07, 6.45) is -0.00363. The third kappa shape index (κ3) is 7.09. The second kappa shape index (κ2) is 12.5. The Bertz CT molecular complexity index is 1410. The van der Waals surface area contributed by atoms with Crippen LogP contribution in [0.4, 0.5) is 5.69 Å². The zero-order valence-corrected chi connectivity index (χ0v) is 22.3. The highest BCUT2D eigenvalue weighted by Crippen LogP contribution is 2.27. The Morgan fingerprint density at radius 1 is 0.868 bits per heavy atom. The number of rotatable bonds is 10. The fourth-order valence-electron chi connectivity index (χ4n) is 3.51. The van der Waals surface area contributed by atoms with Crippen LogP contribution in [0.1, 0.15) is 26.3 Å². The van der Waals surface area contributed by atoms with Crippen LogP contribution in [0.5, 0.6) is 5.75 Å². The lowest BCUT2D eigenvalue weighted by Gasteiger charge is -2.19. The van der Waals surface area contributed by atoms with Gasteiger partial charge in [0.05, 0.1) is 42.4 Å². The average Bonchev–Trinajstić information content (AvgIpc) is 2.91. The summed E-state index contributed by atoms with van der Waals surface area (Å²) < 4.78 is 43.3. The number of carbonyl (C=O) groups is 3. The molecule has 0 radical (unpaired) electrons. The summed E-state index contributed by atoms with van der Waals surface area (Å²) in [5.74, 6) is -1.95. The number of hydrogen-bond acceptors (Lipinski definition) is 8. The van der Waals surface area contributed by atoms with E-state index in [1.807, 2.05) is 0 Å². The number of esters is 2. The molecule has 1 atom stereocenters. The summed E-state index contributed by atoms with van der Waals surface area (Å²) in [5.41, 5.74) is 0.710. The van der Waals surface area contributed by atoms with Crippen LogP contribution in [0.2, 0.25) is 5.02 Å². The fraction of sp³-hybridized carbons (Fsp3) is 0.192. The number of benzene rings is 3. The highest BCUT2D eigenvalue weighted by atomic mass is 35.5. The molecule has 200 valence electrons. The van der Waals surface area contributed by atoms with Crippen molar-refractivity contribution in [1.82, 2.24) is 4.72 Å². The summed E-state index contributed by atoms with van der Waals surface area (Å²) in [6.45, 7) is 0. The van der Waals surface area contributed by atoms with E-state index in [1.165, 1.54) is 57.7 Å². The Kier molecular flexibility index (Phi) is 9.45. The van der Waals surface area contributed by atoms with E-state index in [2.05, 4.69) is 10.0 Å². The van der Waals surface area contributed by atoms with Gasteiger partial charge in [-0.2, -0.15) is 4.72 Å². The van der Waals surface area contributed by atoms with Crippen LogP contribution in [0.3, 0.4) is 0 Å². The zero-order chi connectivity index (χ0) is 27.9. The fourth-order valence-corrected chi connectivity index (χ4v) is 5.05. The van der Waals surface area contributed by atoms with Gasteiger partial charge in [-0.3, -0.25) is 4.79 Å². The maximum absolute atomic E-state index is 13.4. The monoisotopic (exact) mass is 560 g/mol. The summed E-state index contributed by atoms with van der Waals surface area (Å²) in [5, 5.41) is 2.66. The number of sulfonamides is 1. The van der Waals surface area contributed by atoms with Crippen molar-refractivity contribution < 1.29 is 37.0 Å². The Hall–Kier alpha value is -3.93. The van der Waals surface area contributed by atoms with E-state index < -0.39 is 33.9 Å². The maximum atomic E-state index is 13.4. The van der Waals surface area contributed by atoms with Crippen LogP contribution in [-0.4, -0.2) is 53.6 Å². The van der Waals surface area contributed by atoms with Crippen molar-refractivity contribution in [3.05, 3.63) is 88.4 Å². The lowest BCUT2D eigenvalue weighted by molar-refractivity contribution is -0.117. The van der Waals surface area contributed by atoms with Crippen molar-refractivity contribution in [1.29, 1.82) is 0 Å². The van der Waals surface area contributed by atoms with E-state index in [-0.39, 0.29) is 38.9 Å². The highest BCUT2D eigenvalue weighted by molar-refractivity contribution is 7.89. The molecule has 12 heteroatoms. The third-order valence-electron chi connectivity index (χ3n) is 5.37. The zero-order valence-electron chi connectivity index (χ0n) is 20.7. The average molecular weight is 561 g/mol. The predicted molar refractivity (Wildman–Crippen MR) is 140 cm³/mol. The minimum absolute atomic E-state index is 0.00363. The molecule has 10 nitrogen and oxygen atoms in total. The Morgan fingerprint density at radius 2 is 1.47 bits per heavy atom. The quantitative estimate of drug-likeness (QED) is 0.360. The first kappa shape index (κ1) is 28.6.